The molecule has 1 saturated heterocycles. The predicted molar refractivity (Wildman–Crippen MR) is 123 cm³/mol. The highest BCUT2D eigenvalue weighted by atomic mass is 32.2. The zero-order valence-corrected chi connectivity index (χ0v) is 19.1. The number of thiophene rings is 1. The molecule has 4 heterocycles. The molecule has 160 valence electrons. The molecule has 8 nitrogen and oxygen atoms in total. The predicted octanol–water partition coefficient (Wildman–Crippen LogP) is 2.70. The number of fused-ring (bicyclic) bond motifs is 1. The molecule has 0 amide bonds. The normalized spacial score (nSPS) is 15.6. The lowest BCUT2D eigenvalue weighted by Gasteiger charge is -2.34. The molecule has 0 atom stereocenters. The number of piperazine rings is 1. The van der Waals surface area contributed by atoms with Crippen LogP contribution in [-0.4, -0.2) is 53.5 Å². The van der Waals surface area contributed by atoms with Gasteiger partial charge in [-0.15, -0.1) is 11.3 Å². The van der Waals surface area contributed by atoms with E-state index in [9.17, 15) is 13.2 Å². The first-order valence-corrected chi connectivity index (χ1v) is 12.8. The summed E-state index contributed by atoms with van der Waals surface area (Å²) in [5, 5.41) is 6.93. The van der Waals surface area contributed by atoms with Crippen molar-refractivity contribution < 1.29 is 8.42 Å². The molecular weight excluding hydrogens is 454 g/mol. The largest absolute Gasteiger partial charge is 0.354 e. The van der Waals surface area contributed by atoms with Gasteiger partial charge < -0.3 is 4.90 Å². The van der Waals surface area contributed by atoms with Crippen molar-refractivity contribution in [3.63, 3.8) is 0 Å². The highest BCUT2D eigenvalue weighted by molar-refractivity contribution is 7.91. The maximum Gasteiger partial charge on any atom is 0.277 e. The van der Waals surface area contributed by atoms with E-state index in [0.717, 1.165) is 16.1 Å². The van der Waals surface area contributed by atoms with Gasteiger partial charge in [0.25, 0.3) is 15.6 Å². The lowest BCUT2D eigenvalue weighted by molar-refractivity contribution is 0.385. The molecule has 1 aliphatic rings. The highest BCUT2D eigenvalue weighted by Gasteiger charge is 2.30. The van der Waals surface area contributed by atoms with Gasteiger partial charge >= 0.3 is 0 Å². The van der Waals surface area contributed by atoms with Crippen LogP contribution >= 0.6 is 22.7 Å². The van der Waals surface area contributed by atoms with Crippen molar-refractivity contribution >= 4 is 43.5 Å². The monoisotopic (exact) mass is 473 g/mol. The van der Waals surface area contributed by atoms with Crippen LogP contribution in [0, 0.1) is 6.92 Å². The third-order valence-electron chi connectivity index (χ3n) is 5.15. The number of rotatable bonds is 4. The molecule has 11 heteroatoms. The molecular formula is C20H19N5O3S3. The number of anilines is 1. The summed E-state index contributed by atoms with van der Waals surface area (Å²) in [5.41, 5.74) is 1.82. The third-order valence-corrected chi connectivity index (χ3v) is 9.38. The second-order valence-corrected chi connectivity index (χ2v) is 11.3. The fourth-order valence-electron chi connectivity index (χ4n) is 3.55. The summed E-state index contributed by atoms with van der Waals surface area (Å²) in [6.07, 6.45) is 0. The minimum atomic E-state index is -3.47. The van der Waals surface area contributed by atoms with Gasteiger partial charge in [0.2, 0.25) is 4.96 Å². The molecule has 1 aromatic carbocycles. The molecule has 5 rings (SSSR count). The van der Waals surface area contributed by atoms with Gasteiger partial charge in [0.05, 0.1) is 0 Å². The van der Waals surface area contributed by atoms with Gasteiger partial charge in [-0.25, -0.2) is 13.4 Å². The lowest BCUT2D eigenvalue weighted by Crippen LogP contribution is -2.49. The summed E-state index contributed by atoms with van der Waals surface area (Å²) >= 11 is 2.58. The molecule has 0 aliphatic carbocycles. The third kappa shape index (κ3) is 3.78. The minimum Gasteiger partial charge on any atom is -0.354 e. The molecule has 0 radical (unpaired) electrons. The summed E-state index contributed by atoms with van der Waals surface area (Å²) in [4.78, 5) is 19.8. The first-order chi connectivity index (χ1) is 14.9. The first kappa shape index (κ1) is 20.3. The van der Waals surface area contributed by atoms with E-state index in [1.165, 1.54) is 37.6 Å². The molecule has 1 aliphatic heterocycles. The standard InChI is InChI=1S/C20H19N5O3S3/c1-14-4-2-5-15(12-14)19-22-25-17(26)13-16(21-20(25)30-19)23-7-9-24(10-8-23)31(27,28)18-6-3-11-29-18/h2-6,11-13H,7-10H2,1H3. The van der Waals surface area contributed by atoms with Crippen LogP contribution in [0.3, 0.4) is 0 Å². The van der Waals surface area contributed by atoms with Crippen LogP contribution in [-0.2, 0) is 10.0 Å². The Kier molecular flexibility index (Phi) is 5.13. The lowest BCUT2D eigenvalue weighted by atomic mass is 10.1. The van der Waals surface area contributed by atoms with Crippen molar-refractivity contribution in [1.29, 1.82) is 0 Å². The Morgan fingerprint density at radius 3 is 2.55 bits per heavy atom. The Bertz CT molecular complexity index is 1400. The van der Waals surface area contributed by atoms with Crippen molar-refractivity contribution in [2.45, 2.75) is 11.1 Å². The van der Waals surface area contributed by atoms with E-state index in [1.807, 2.05) is 36.1 Å². The fourth-order valence-corrected chi connectivity index (χ4v) is 7.01. The van der Waals surface area contributed by atoms with E-state index in [4.69, 9.17) is 0 Å². The Balaban J connectivity index is 1.39. The zero-order valence-electron chi connectivity index (χ0n) is 16.6. The molecule has 0 bridgehead atoms. The Hall–Kier alpha value is -2.60. The van der Waals surface area contributed by atoms with E-state index >= 15 is 0 Å². The van der Waals surface area contributed by atoms with Gasteiger partial charge in [0, 0.05) is 37.8 Å². The molecule has 3 aromatic heterocycles. The Morgan fingerprint density at radius 2 is 1.84 bits per heavy atom. The number of benzene rings is 1. The van der Waals surface area contributed by atoms with Crippen LogP contribution in [0.4, 0.5) is 5.82 Å². The molecule has 31 heavy (non-hydrogen) atoms. The van der Waals surface area contributed by atoms with Crippen LogP contribution in [0.1, 0.15) is 5.56 Å². The van der Waals surface area contributed by atoms with Crippen molar-refractivity contribution in [1.82, 2.24) is 18.9 Å². The van der Waals surface area contributed by atoms with E-state index in [2.05, 4.69) is 10.1 Å². The van der Waals surface area contributed by atoms with Gasteiger partial charge in [-0.1, -0.05) is 41.2 Å². The summed E-state index contributed by atoms with van der Waals surface area (Å²) in [7, 11) is -3.47. The van der Waals surface area contributed by atoms with E-state index in [1.54, 1.807) is 17.5 Å². The number of hydrogen-bond donors (Lipinski definition) is 0. The number of aromatic nitrogens is 3. The number of sulfonamides is 1. The first-order valence-electron chi connectivity index (χ1n) is 9.68. The van der Waals surface area contributed by atoms with Crippen molar-refractivity contribution in [3.8, 4) is 10.6 Å². The zero-order chi connectivity index (χ0) is 21.6. The Labute approximate surface area is 187 Å². The summed E-state index contributed by atoms with van der Waals surface area (Å²) in [6.45, 7) is 3.64. The van der Waals surface area contributed by atoms with Crippen LogP contribution < -0.4 is 10.5 Å². The summed E-state index contributed by atoms with van der Waals surface area (Å²) in [5.74, 6) is 0.553. The van der Waals surface area contributed by atoms with E-state index in [-0.39, 0.29) is 5.56 Å². The molecule has 0 saturated carbocycles. The van der Waals surface area contributed by atoms with Gasteiger partial charge in [-0.2, -0.15) is 13.9 Å². The van der Waals surface area contributed by atoms with Crippen molar-refractivity contribution in [3.05, 3.63) is 63.8 Å². The second-order valence-electron chi connectivity index (χ2n) is 7.25. The smallest absolute Gasteiger partial charge is 0.277 e. The van der Waals surface area contributed by atoms with Crippen LogP contribution in [0.15, 0.2) is 56.8 Å². The molecule has 0 N–H and O–H groups in total. The SMILES string of the molecule is Cc1cccc(-c2nn3c(=O)cc(N4CCN(S(=O)(=O)c5cccs5)CC4)nc3s2)c1. The van der Waals surface area contributed by atoms with Gasteiger partial charge in [0.15, 0.2) is 0 Å². The topological polar surface area (TPSA) is 87.9 Å². The van der Waals surface area contributed by atoms with Gasteiger partial charge in [0.1, 0.15) is 15.0 Å². The van der Waals surface area contributed by atoms with Crippen LogP contribution in [0.5, 0.6) is 0 Å². The molecule has 0 unspecified atom stereocenters. The molecule has 1 fully saturated rings. The van der Waals surface area contributed by atoms with E-state index in [0.29, 0.717) is 41.2 Å². The maximum absolute atomic E-state index is 12.7. The van der Waals surface area contributed by atoms with Gasteiger partial charge in [-0.3, -0.25) is 4.79 Å². The number of hydrogen-bond acceptors (Lipinski definition) is 8. The van der Waals surface area contributed by atoms with Crippen molar-refractivity contribution in [2.24, 2.45) is 0 Å². The van der Waals surface area contributed by atoms with Crippen LogP contribution in [0.25, 0.3) is 15.5 Å². The Morgan fingerprint density at radius 1 is 1.03 bits per heavy atom. The van der Waals surface area contributed by atoms with Crippen LogP contribution in [0.2, 0.25) is 0 Å². The molecule has 4 aromatic rings. The second kappa shape index (κ2) is 7.83. The van der Waals surface area contributed by atoms with Gasteiger partial charge in [-0.05, 0) is 24.4 Å². The fraction of sp³-hybridized carbons (Fsp3) is 0.250. The average molecular weight is 474 g/mol. The summed E-state index contributed by atoms with van der Waals surface area (Å²) in [6, 6.07) is 12.8. The summed E-state index contributed by atoms with van der Waals surface area (Å²) < 4.78 is 28.6. The van der Waals surface area contributed by atoms with E-state index < -0.39 is 10.0 Å². The molecule has 0 spiro atoms. The highest BCUT2D eigenvalue weighted by Crippen LogP contribution is 2.27. The minimum absolute atomic E-state index is 0.246. The average Bonchev–Trinajstić information content (AvgIpc) is 3.45. The maximum atomic E-state index is 12.7. The van der Waals surface area contributed by atoms with Crippen molar-refractivity contribution in [2.75, 3.05) is 31.1 Å². The number of aryl methyl sites for hydroxylation is 1. The quantitative estimate of drug-likeness (QED) is 0.453. The number of nitrogens with zero attached hydrogens (tertiary/aromatic N) is 5.